The number of halogens is 2. The molecule has 4 N–H and O–H groups in total. The summed E-state index contributed by atoms with van der Waals surface area (Å²) in [4.78, 5) is 7.74. The number of aliphatic hydroxyl groups excluding tert-OH is 2. The number of hydrogen-bond acceptors (Lipinski definition) is 6. The molecular formula is C11H12F2N4O3. The van der Waals surface area contributed by atoms with Crippen LogP contribution in [0.5, 0.6) is 0 Å². The third-order valence-electron chi connectivity index (χ3n) is 3.35. The first-order valence-electron chi connectivity index (χ1n) is 5.84. The van der Waals surface area contributed by atoms with Crippen molar-refractivity contribution >= 4 is 16.9 Å². The molecule has 0 saturated carbocycles. The van der Waals surface area contributed by atoms with Crippen molar-refractivity contribution in [3.8, 4) is 0 Å². The standard InChI is InChI=1S/C11H12F2N4O3/c12-7-6(19)10(20-11(7,13)3-18)17-2-1-5-8(14)15-4-16-9(5)17/h1-2,4,6-7,10,18-19H,3H2,(H2,14,15,16)/t6-,7+,10-,11-/m1/s1. The number of ether oxygens (including phenoxy) is 1. The van der Waals surface area contributed by atoms with E-state index in [0.29, 0.717) is 5.39 Å². The van der Waals surface area contributed by atoms with Crippen molar-refractivity contribution in [2.45, 2.75) is 24.4 Å². The zero-order chi connectivity index (χ0) is 14.5. The Morgan fingerprint density at radius 3 is 2.90 bits per heavy atom. The van der Waals surface area contributed by atoms with E-state index in [4.69, 9.17) is 15.6 Å². The molecule has 2 aromatic heterocycles. The van der Waals surface area contributed by atoms with Crippen molar-refractivity contribution in [1.82, 2.24) is 14.5 Å². The van der Waals surface area contributed by atoms with Gasteiger partial charge in [-0.05, 0) is 6.07 Å². The van der Waals surface area contributed by atoms with Crippen LogP contribution in [0.3, 0.4) is 0 Å². The maximum atomic E-state index is 13.9. The smallest absolute Gasteiger partial charge is 0.268 e. The third kappa shape index (κ3) is 1.67. The van der Waals surface area contributed by atoms with E-state index in [1.807, 2.05) is 0 Å². The Morgan fingerprint density at radius 2 is 2.25 bits per heavy atom. The molecule has 2 aromatic rings. The average molecular weight is 286 g/mol. The Labute approximate surface area is 111 Å². The molecule has 0 radical (unpaired) electrons. The first-order chi connectivity index (χ1) is 9.48. The van der Waals surface area contributed by atoms with Gasteiger partial charge in [0.2, 0.25) is 0 Å². The van der Waals surface area contributed by atoms with Gasteiger partial charge in [0, 0.05) is 6.20 Å². The topological polar surface area (TPSA) is 106 Å². The van der Waals surface area contributed by atoms with E-state index in [9.17, 15) is 13.9 Å². The van der Waals surface area contributed by atoms with Crippen molar-refractivity contribution in [3.05, 3.63) is 18.6 Å². The van der Waals surface area contributed by atoms with Gasteiger partial charge in [-0.2, -0.15) is 0 Å². The fourth-order valence-corrected chi connectivity index (χ4v) is 2.28. The second-order valence-electron chi connectivity index (χ2n) is 4.56. The van der Waals surface area contributed by atoms with Crippen LogP contribution in [0.15, 0.2) is 18.6 Å². The summed E-state index contributed by atoms with van der Waals surface area (Å²) in [6, 6.07) is 1.55. The highest BCUT2D eigenvalue weighted by Crippen LogP contribution is 2.41. The molecule has 7 nitrogen and oxygen atoms in total. The SMILES string of the molecule is Nc1ncnc2c1ccn2[C@@H]1O[C@](F)(CO)[C@@H](F)[C@H]1O. The van der Waals surface area contributed by atoms with Gasteiger partial charge >= 0.3 is 0 Å². The van der Waals surface area contributed by atoms with Gasteiger partial charge < -0.3 is 25.3 Å². The number of nitrogens with zero attached hydrogens (tertiary/aromatic N) is 3. The summed E-state index contributed by atoms with van der Waals surface area (Å²) in [6.07, 6.45) is -2.88. The molecule has 1 fully saturated rings. The highest BCUT2D eigenvalue weighted by molar-refractivity contribution is 5.86. The van der Waals surface area contributed by atoms with E-state index in [0.717, 1.165) is 0 Å². The minimum atomic E-state index is -2.95. The molecular weight excluding hydrogens is 274 g/mol. The van der Waals surface area contributed by atoms with Gasteiger partial charge in [0.05, 0.1) is 5.39 Å². The van der Waals surface area contributed by atoms with Crippen LogP contribution >= 0.6 is 0 Å². The summed E-state index contributed by atoms with van der Waals surface area (Å²) >= 11 is 0. The zero-order valence-electron chi connectivity index (χ0n) is 10.1. The van der Waals surface area contributed by atoms with E-state index >= 15 is 0 Å². The lowest BCUT2D eigenvalue weighted by atomic mass is 10.1. The fraction of sp³-hybridized carbons (Fsp3) is 0.455. The lowest BCUT2D eigenvalue weighted by Crippen LogP contribution is -2.39. The maximum absolute atomic E-state index is 13.9. The number of rotatable bonds is 2. The van der Waals surface area contributed by atoms with E-state index in [1.54, 1.807) is 6.07 Å². The predicted molar refractivity (Wildman–Crippen MR) is 63.9 cm³/mol. The zero-order valence-corrected chi connectivity index (χ0v) is 10.1. The molecule has 3 heterocycles. The molecule has 0 amide bonds. The number of fused-ring (bicyclic) bond motifs is 1. The van der Waals surface area contributed by atoms with Gasteiger partial charge in [0.15, 0.2) is 12.4 Å². The van der Waals surface area contributed by atoms with E-state index in [-0.39, 0.29) is 11.5 Å². The number of aromatic nitrogens is 3. The van der Waals surface area contributed by atoms with Gasteiger partial charge in [-0.15, -0.1) is 0 Å². The Balaban J connectivity index is 2.06. The minimum Gasteiger partial charge on any atom is -0.390 e. The van der Waals surface area contributed by atoms with E-state index in [1.165, 1.54) is 17.1 Å². The highest BCUT2D eigenvalue weighted by atomic mass is 19.2. The number of aliphatic hydroxyl groups is 2. The normalized spacial score (nSPS) is 33.9. The Kier molecular flexibility index (Phi) is 2.85. The van der Waals surface area contributed by atoms with Gasteiger partial charge in [-0.1, -0.05) is 0 Å². The summed E-state index contributed by atoms with van der Waals surface area (Å²) in [5.74, 6) is -2.74. The van der Waals surface area contributed by atoms with Crippen molar-refractivity contribution in [1.29, 1.82) is 0 Å². The van der Waals surface area contributed by atoms with Crippen molar-refractivity contribution in [2.75, 3.05) is 12.3 Å². The molecule has 0 bridgehead atoms. The number of nitrogens with two attached hydrogens (primary N) is 1. The molecule has 20 heavy (non-hydrogen) atoms. The number of hydrogen-bond donors (Lipinski definition) is 3. The van der Waals surface area contributed by atoms with Gasteiger partial charge in [0.1, 0.15) is 30.5 Å². The summed E-state index contributed by atoms with van der Waals surface area (Å²) < 4.78 is 33.7. The molecule has 0 aliphatic carbocycles. The molecule has 1 aliphatic rings. The number of anilines is 1. The first-order valence-corrected chi connectivity index (χ1v) is 5.84. The third-order valence-corrected chi connectivity index (χ3v) is 3.35. The Morgan fingerprint density at radius 1 is 1.50 bits per heavy atom. The van der Waals surface area contributed by atoms with Crippen LogP contribution in [0.2, 0.25) is 0 Å². The minimum absolute atomic E-state index is 0.201. The predicted octanol–water partition coefficient (Wildman–Crippen LogP) is -0.101. The fourth-order valence-electron chi connectivity index (χ4n) is 2.28. The largest absolute Gasteiger partial charge is 0.390 e. The van der Waals surface area contributed by atoms with E-state index in [2.05, 4.69) is 9.97 Å². The van der Waals surface area contributed by atoms with Crippen molar-refractivity contribution in [3.63, 3.8) is 0 Å². The summed E-state index contributed by atoms with van der Waals surface area (Å²) in [5.41, 5.74) is 5.93. The molecule has 4 atom stereocenters. The van der Waals surface area contributed by atoms with Gasteiger partial charge in [0.25, 0.3) is 5.85 Å². The Bertz CT molecular complexity index is 652. The van der Waals surface area contributed by atoms with Crippen LogP contribution in [-0.2, 0) is 4.74 Å². The first kappa shape index (κ1) is 13.2. The van der Waals surface area contributed by atoms with Gasteiger partial charge in [-0.25, -0.2) is 18.7 Å². The molecule has 0 unspecified atom stereocenters. The number of alkyl halides is 2. The molecule has 0 aromatic carbocycles. The summed E-state index contributed by atoms with van der Waals surface area (Å²) in [5, 5.41) is 19.1. The van der Waals surface area contributed by atoms with Crippen LogP contribution in [0.25, 0.3) is 11.0 Å². The lowest BCUT2D eigenvalue weighted by molar-refractivity contribution is -0.195. The Hall–Kier alpha value is -1.84. The average Bonchev–Trinajstić information content (AvgIpc) is 2.96. The summed E-state index contributed by atoms with van der Waals surface area (Å²) in [6.45, 7) is -1.20. The van der Waals surface area contributed by atoms with E-state index < -0.39 is 31.0 Å². The van der Waals surface area contributed by atoms with Crippen molar-refractivity contribution < 1.29 is 23.7 Å². The molecule has 1 aliphatic heterocycles. The van der Waals surface area contributed by atoms with Gasteiger partial charge in [-0.3, -0.25) is 0 Å². The molecule has 1 saturated heterocycles. The summed E-state index contributed by atoms with van der Waals surface area (Å²) in [7, 11) is 0. The molecule has 3 rings (SSSR count). The lowest BCUT2D eigenvalue weighted by Gasteiger charge is -2.19. The highest BCUT2D eigenvalue weighted by Gasteiger charge is 2.57. The molecule has 108 valence electrons. The quantitative estimate of drug-likeness (QED) is 0.711. The van der Waals surface area contributed by atoms with Crippen LogP contribution in [-0.4, -0.2) is 49.5 Å². The molecule has 0 spiro atoms. The monoisotopic (exact) mass is 286 g/mol. The maximum Gasteiger partial charge on any atom is 0.268 e. The van der Waals surface area contributed by atoms with Crippen LogP contribution in [0, 0.1) is 0 Å². The van der Waals surface area contributed by atoms with Crippen molar-refractivity contribution in [2.24, 2.45) is 0 Å². The second kappa shape index (κ2) is 4.33. The van der Waals surface area contributed by atoms with Crippen LogP contribution < -0.4 is 5.73 Å². The van der Waals surface area contributed by atoms with Crippen LogP contribution in [0.1, 0.15) is 6.23 Å². The van der Waals surface area contributed by atoms with Crippen LogP contribution in [0.4, 0.5) is 14.6 Å². The molecule has 9 heteroatoms. The number of nitrogen functional groups attached to an aromatic ring is 1. The second-order valence-corrected chi connectivity index (χ2v) is 4.56.